The van der Waals surface area contributed by atoms with Crippen LogP contribution in [0, 0.1) is 0 Å². The molecule has 0 spiro atoms. The minimum absolute atomic E-state index is 0.0295. The minimum atomic E-state index is -3.22. The first kappa shape index (κ1) is 23.4. The van der Waals surface area contributed by atoms with Crippen LogP contribution in [0.4, 0.5) is 0 Å². The van der Waals surface area contributed by atoms with Gasteiger partial charge in [-0.25, -0.2) is 8.42 Å². The van der Waals surface area contributed by atoms with E-state index in [0.29, 0.717) is 63.0 Å². The van der Waals surface area contributed by atoms with E-state index in [1.54, 1.807) is 4.90 Å². The van der Waals surface area contributed by atoms with E-state index in [1.807, 2.05) is 19.1 Å². The van der Waals surface area contributed by atoms with Crippen LogP contribution in [0.1, 0.15) is 57.4 Å². The summed E-state index contributed by atoms with van der Waals surface area (Å²) in [5, 5.41) is 4.04. The second-order valence-electron chi connectivity index (χ2n) is 8.37. The second kappa shape index (κ2) is 9.91. The summed E-state index contributed by atoms with van der Waals surface area (Å²) in [7, 11) is -3.22. The maximum atomic E-state index is 12.6. The van der Waals surface area contributed by atoms with Gasteiger partial charge >= 0.3 is 0 Å². The molecule has 170 valence electrons. The van der Waals surface area contributed by atoms with Gasteiger partial charge in [0.05, 0.1) is 6.26 Å². The average Bonchev–Trinajstić information content (AvgIpc) is 3.21. The number of sulfonamides is 1. The molecule has 1 aromatic carbocycles. The Labute approximate surface area is 184 Å². The van der Waals surface area contributed by atoms with E-state index in [-0.39, 0.29) is 11.9 Å². The summed E-state index contributed by atoms with van der Waals surface area (Å²) < 4.78 is 30.7. The Bertz CT molecular complexity index is 977. The van der Waals surface area contributed by atoms with Crippen LogP contribution in [0.25, 0.3) is 11.4 Å². The van der Waals surface area contributed by atoms with E-state index in [2.05, 4.69) is 36.1 Å². The number of aryl methyl sites for hydroxylation is 1. The first-order valence-corrected chi connectivity index (χ1v) is 12.7. The fraction of sp³-hybridized carbons (Fsp3) is 0.591. The molecule has 0 aliphatic carbocycles. The molecular weight excluding hydrogens is 416 g/mol. The highest BCUT2D eigenvalue weighted by Crippen LogP contribution is 2.22. The van der Waals surface area contributed by atoms with Gasteiger partial charge in [0.1, 0.15) is 0 Å². The third-order valence-corrected chi connectivity index (χ3v) is 7.23. The molecule has 1 aliphatic heterocycles. The Morgan fingerprint density at radius 1 is 1.23 bits per heavy atom. The van der Waals surface area contributed by atoms with Gasteiger partial charge in [-0.3, -0.25) is 4.79 Å². The van der Waals surface area contributed by atoms with Gasteiger partial charge in [-0.1, -0.05) is 50.2 Å². The molecule has 31 heavy (non-hydrogen) atoms. The third-order valence-electron chi connectivity index (χ3n) is 5.82. The van der Waals surface area contributed by atoms with Crippen molar-refractivity contribution in [3.63, 3.8) is 0 Å². The summed E-state index contributed by atoms with van der Waals surface area (Å²) in [6.45, 7) is 7.71. The van der Waals surface area contributed by atoms with Crippen LogP contribution in [0.3, 0.4) is 0 Å². The highest BCUT2D eigenvalue weighted by atomic mass is 32.2. The van der Waals surface area contributed by atoms with Crippen molar-refractivity contribution in [3.05, 3.63) is 35.7 Å². The lowest BCUT2D eigenvalue weighted by molar-refractivity contribution is -0.132. The Balaban J connectivity index is 1.51. The monoisotopic (exact) mass is 448 g/mol. The topological polar surface area (TPSA) is 96.6 Å². The van der Waals surface area contributed by atoms with Crippen LogP contribution in [0.5, 0.6) is 0 Å². The second-order valence-corrected chi connectivity index (χ2v) is 10.3. The number of likely N-dealkylation sites (tertiary alicyclic amines) is 1. The van der Waals surface area contributed by atoms with E-state index < -0.39 is 10.0 Å². The number of hydrogen-bond acceptors (Lipinski definition) is 6. The number of nitrogens with zero attached hydrogens (tertiary/aromatic N) is 4. The zero-order valence-electron chi connectivity index (χ0n) is 18.7. The Kier molecular flexibility index (Phi) is 7.48. The van der Waals surface area contributed by atoms with Crippen LogP contribution in [-0.2, 0) is 21.2 Å². The van der Waals surface area contributed by atoms with Crippen molar-refractivity contribution in [2.45, 2.75) is 58.4 Å². The van der Waals surface area contributed by atoms with Crippen LogP contribution in [-0.4, -0.2) is 65.6 Å². The number of rotatable bonds is 8. The maximum Gasteiger partial charge on any atom is 0.227 e. The van der Waals surface area contributed by atoms with Gasteiger partial charge in [0.15, 0.2) is 0 Å². The van der Waals surface area contributed by atoms with Crippen molar-refractivity contribution >= 4 is 15.9 Å². The molecule has 0 radical (unpaired) electrons. The molecular formula is C22H32N4O4S. The summed E-state index contributed by atoms with van der Waals surface area (Å²) in [4.78, 5) is 18.8. The average molecular weight is 449 g/mol. The summed E-state index contributed by atoms with van der Waals surface area (Å²) >= 11 is 0. The maximum absolute atomic E-state index is 12.6. The van der Waals surface area contributed by atoms with Gasteiger partial charge in [0.25, 0.3) is 0 Å². The molecule has 1 amide bonds. The molecule has 9 heteroatoms. The van der Waals surface area contributed by atoms with Gasteiger partial charge in [-0.2, -0.15) is 9.29 Å². The normalized spacial score (nSPS) is 15.7. The first-order valence-electron chi connectivity index (χ1n) is 10.9. The quantitative estimate of drug-likeness (QED) is 0.616. The molecule has 0 atom stereocenters. The summed E-state index contributed by atoms with van der Waals surface area (Å²) in [6.07, 6.45) is 3.24. The van der Waals surface area contributed by atoms with Crippen molar-refractivity contribution in [2.24, 2.45) is 0 Å². The largest absolute Gasteiger partial charge is 0.343 e. The predicted molar refractivity (Wildman–Crippen MR) is 119 cm³/mol. The number of hydrogen-bond donors (Lipinski definition) is 0. The van der Waals surface area contributed by atoms with Crippen LogP contribution < -0.4 is 0 Å². The van der Waals surface area contributed by atoms with Crippen molar-refractivity contribution in [2.75, 3.05) is 25.9 Å². The summed E-state index contributed by atoms with van der Waals surface area (Å²) in [5.74, 6) is 1.46. The van der Waals surface area contributed by atoms with E-state index in [1.165, 1.54) is 16.1 Å². The molecule has 1 aliphatic rings. The summed E-state index contributed by atoms with van der Waals surface area (Å²) in [5.41, 5.74) is 2.14. The van der Waals surface area contributed by atoms with E-state index in [9.17, 15) is 13.2 Å². The highest BCUT2D eigenvalue weighted by Gasteiger charge is 2.30. The van der Waals surface area contributed by atoms with Crippen LogP contribution in [0.15, 0.2) is 28.8 Å². The minimum Gasteiger partial charge on any atom is -0.343 e. The SMILES string of the molecule is CCN(C1CCN(C(=O)CCc2nc(-c3ccc(C(C)C)cc3)no2)CC1)S(C)(=O)=O. The number of aromatic nitrogens is 2. The number of piperidine rings is 1. The van der Waals surface area contributed by atoms with Gasteiger partial charge in [0, 0.05) is 44.1 Å². The molecule has 2 heterocycles. The molecule has 1 fully saturated rings. The lowest BCUT2D eigenvalue weighted by Crippen LogP contribution is -2.48. The van der Waals surface area contributed by atoms with Crippen LogP contribution >= 0.6 is 0 Å². The molecule has 0 unspecified atom stereocenters. The van der Waals surface area contributed by atoms with Crippen molar-refractivity contribution in [3.8, 4) is 11.4 Å². The van der Waals surface area contributed by atoms with Gasteiger partial charge < -0.3 is 9.42 Å². The van der Waals surface area contributed by atoms with E-state index >= 15 is 0 Å². The Hall–Kier alpha value is -2.26. The molecule has 1 aromatic heterocycles. The van der Waals surface area contributed by atoms with Crippen molar-refractivity contribution in [1.29, 1.82) is 0 Å². The molecule has 0 N–H and O–H groups in total. The molecule has 0 saturated carbocycles. The zero-order valence-corrected chi connectivity index (χ0v) is 19.6. The van der Waals surface area contributed by atoms with Crippen molar-refractivity contribution < 1.29 is 17.7 Å². The smallest absolute Gasteiger partial charge is 0.227 e. The molecule has 8 nitrogen and oxygen atoms in total. The lowest BCUT2D eigenvalue weighted by atomic mass is 10.0. The predicted octanol–water partition coefficient (Wildman–Crippen LogP) is 3.07. The summed E-state index contributed by atoms with van der Waals surface area (Å²) in [6, 6.07) is 8.05. The fourth-order valence-electron chi connectivity index (χ4n) is 4.03. The standard InChI is InChI=1S/C22H32N4O4S/c1-5-26(31(4,28)29)19-12-14-25(15-13-19)21(27)11-10-20-23-22(24-30-20)18-8-6-17(7-9-18)16(2)3/h6-9,16,19H,5,10-15H2,1-4H3. The first-order chi connectivity index (χ1) is 14.7. The molecule has 2 aromatic rings. The molecule has 3 rings (SSSR count). The fourth-order valence-corrected chi connectivity index (χ4v) is 5.25. The highest BCUT2D eigenvalue weighted by molar-refractivity contribution is 7.88. The van der Waals surface area contributed by atoms with E-state index in [0.717, 1.165) is 5.56 Å². The number of amides is 1. The Morgan fingerprint density at radius 3 is 2.42 bits per heavy atom. The number of carbonyl (C=O) groups is 1. The van der Waals surface area contributed by atoms with Crippen molar-refractivity contribution in [1.82, 2.24) is 19.3 Å². The lowest BCUT2D eigenvalue weighted by Gasteiger charge is -2.36. The van der Waals surface area contributed by atoms with Gasteiger partial charge in [-0.15, -0.1) is 0 Å². The molecule has 0 bridgehead atoms. The third kappa shape index (κ3) is 5.92. The number of carbonyl (C=O) groups excluding carboxylic acids is 1. The Morgan fingerprint density at radius 2 is 1.87 bits per heavy atom. The molecule has 1 saturated heterocycles. The van der Waals surface area contributed by atoms with E-state index in [4.69, 9.17) is 4.52 Å². The number of benzene rings is 1. The van der Waals surface area contributed by atoms with Gasteiger partial charge in [-0.05, 0) is 24.3 Å². The van der Waals surface area contributed by atoms with Crippen LogP contribution in [0.2, 0.25) is 0 Å². The van der Waals surface area contributed by atoms with Gasteiger partial charge in [0.2, 0.25) is 27.6 Å². The zero-order chi connectivity index (χ0) is 22.6.